The van der Waals surface area contributed by atoms with E-state index in [1.807, 2.05) is 30.9 Å². The Balaban J connectivity index is 1.70. The number of ether oxygens (including phenoxy) is 1. The first-order valence-electron chi connectivity index (χ1n) is 9.24. The number of fused-ring (bicyclic) bond motifs is 1. The van der Waals surface area contributed by atoms with Gasteiger partial charge in [0.2, 0.25) is 0 Å². The van der Waals surface area contributed by atoms with E-state index in [1.54, 1.807) is 0 Å². The molecule has 4 rings (SSSR count). The molecule has 1 aliphatic carbocycles. The summed E-state index contributed by atoms with van der Waals surface area (Å²) in [7, 11) is 0. The summed E-state index contributed by atoms with van der Waals surface area (Å²) in [6, 6.07) is 3.75. The van der Waals surface area contributed by atoms with Crippen molar-refractivity contribution in [3.8, 4) is 16.9 Å². The second-order valence-electron chi connectivity index (χ2n) is 7.30. The second-order valence-corrected chi connectivity index (χ2v) is 7.70. The Morgan fingerprint density at radius 2 is 2.00 bits per heavy atom. The van der Waals surface area contributed by atoms with Gasteiger partial charge in [0.15, 0.2) is 6.61 Å². The maximum atomic E-state index is 12.5. The maximum Gasteiger partial charge on any atom is 0.265 e. The van der Waals surface area contributed by atoms with E-state index in [2.05, 4.69) is 5.16 Å². The number of amides is 1. The standard InChI is InChI=1S/C20H23ClN2O3/c1-12-20(13(2)26-22-12)15-8-18-17(9-16(15)21)23(19(24)11-25-18)10-14-6-4-3-5-7-14/h8-9,14H,3-7,10-11H2,1-2H3. The molecule has 5 nitrogen and oxygen atoms in total. The number of anilines is 1. The third kappa shape index (κ3) is 3.09. The summed E-state index contributed by atoms with van der Waals surface area (Å²) >= 11 is 6.59. The molecule has 0 spiro atoms. The highest BCUT2D eigenvalue weighted by Gasteiger charge is 2.30. The van der Waals surface area contributed by atoms with Gasteiger partial charge < -0.3 is 14.2 Å². The van der Waals surface area contributed by atoms with Crippen LogP contribution in [0.1, 0.15) is 43.6 Å². The Morgan fingerprint density at radius 3 is 2.69 bits per heavy atom. The zero-order valence-electron chi connectivity index (χ0n) is 15.2. The molecule has 1 saturated carbocycles. The van der Waals surface area contributed by atoms with Crippen molar-refractivity contribution >= 4 is 23.2 Å². The van der Waals surface area contributed by atoms with E-state index >= 15 is 0 Å². The number of carbonyl (C=O) groups excluding carboxylic acids is 1. The molecule has 1 aliphatic heterocycles. The van der Waals surface area contributed by atoms with Crippen molar-refractivity contribution in [3.63, 3.8) is 0 Å². The first-order valence-corrected chi connectivity index (χ1v) is 9.62. The van der Waals surface area contributed by atoms with Gasteiger partial charge in [-0.05, 0) is 44.7 Å². The molecular weight excluding hydrogens is 352 g/mol. The fourth-order valence-electron chi connectivity index (χ4n) is 4.11. The minimum atomic E-state index is 0.00392. The number of aromatic nitrogens is 1. The fraction of sp³-hybridized carbons (Fsp3) is 0.500. The molecule has 0 N–H and O–H groups in total. The lowest BCUT2D eigenvalue weighted by Crippen LogP contribution is -2.42. The Hall–Kier alpha value is -2.01. The van der Waals surface area contributed by atoms with Crippen LogP contribution in [-0.4, -0.2) is 24.2 Å². The molecule has 138 valence electrons. The van der Waals surface area contributed by atoms with Gasteiger partial charge in [-0.1, -0.05) is 36.0 Å². The third-order valence-corrected chi connectivity index (χ3v) is 5.77. The van der Waals surface area contributed by atoms with Crippen LogP contribution in [0.3, 0.4) is 0 Å². The van der Waals surface area contributed by atoms with Crippen LogP contribution < -0.4 is 9.64 Å². The van der Waals surface area contributed by atoms with Crippen LogP contribution >= 0.6 is 11.6 Å². The van der Waals surface area contributed by atoms with E-state index in [0.29, 0.717) is 16.7 Å². The molecule has 26 heavy (non-hydrogen) atoms. The number of carbonyl (C=O) groups is 1. The van der Waals surface area contributed by atoms with Gasteiger partial charge in [0.05, 0.1) is 16.4 Å². The van der Waals surface area contributed by atoms with E-state index in [4.69, 9.17) is 20.9 Å². The van der Waals surface area contributed by atoms with E-state index in [-0.39, 0.29) is 12.5 Å². The van der Waals surface area contributed by atoms with Crippen molar-refractivity contribution < 1.29 is 14.1 Å². The highest BCUT2D eigenvalue weighted by atomic mass is 35.5. The van der Waals surface area contributed by atoms with Crippen LogP contribution in [-0.2, 0) is 4.79 Å². The monoisotopic (exact) mass is 374 g/mol. The van der Waals surface area contributed by atoms with Crippen LogP contribution in [0.5, 0.6) is 5.75 Å². The fourth-order valence-corrected chi connectivity index (χ4v) is 4.36. The highest BCUT2D eigenvalue weighted by Crippen LogP contribution is 2.43. The predicted octanol–water partition coefficient (Wildman–Crippen LogP) is 4.92. The topological polar surface area (TPSA) is 55.6 Å². The van der Waals surface area contributed by atoms with Gasteiger partial charge in [-0.25, -0.2) is 0 Å². The van der Waals surface area contributed by atoms with Gasteiger partial charge in [-0.3, -0.25) is 4.79 Å². The van der Waals surface area contributed by atoms with Crippen LogP contribution in [0.2, 0.25) is 5.02 Å². The Morgan fingerprint density at radius 1 is 1.23 bits per heavy atom. The van der Waals surface area contributed by atoms with Crippen molar-refractivity contribution in [2.45, 2.75) is 46.0 Å². The quantitative estimate of drug-likeness (QED) is 0.765. The smallest absolute Gasteiger partial charge is 0.265 e. The molecule has 0 bridgehead atoms. The van der Waals surface area contributed by atoms with Crippen molar-refractivity contribution in [1.82, 2.24) is 5.16 Å². The molecule has 2 heterocycles. The van der Waals surface area contributed by atoms with Crippen LogP contribution in [0, 0.1) is 19.8 Å². The summed E-state index contributed by atoms with van der Waals surface area (Å²) in [5, 5.41) is 4.59. The van der Waals surface area contributed by atoms with Gasteiger partial charge in [0.25, 0.3) is 5.91 Å². The Labute approximate surface area is 158 Å². The van der Waals surface area contributed by atoms with Crippen molar-refractivity contribution in [3.05, 3.63) is 28.6 Å². The molecule has 0 atom stereocenters. The molecule has 1 aromatic heterocycles. The zero-order chi connectivity index (χ0) is 18.3. The largest absolute Gasteiger partial charge is 0.482 e. The van der Waals surface area contributed by atoms with Crippen LogP contribution in [0.15, 0.2) is 16.7 Å². The second kappa shape index (κ2) is 6.95. The van der Waals surface area contributed by atoms with Gasteiger partial charge in [-0.15, -0.1) is 0 Å². The molecule has 2 aromatic rings. The normalized spacial score (nSPS) is 18.0. The van der Waals surface area contributed by atoms with Crippen molar-refractivity contribution in [2.24, 2.45) is 5.92 Å². The summed E-state index contributed by atoms with van der Waals surface area (Å²) in [5.41, 5.74) is 3.27. The summed E-state index contributed by atoms with van der Waals surface area (Å²) in [5.74, 6) is 1.97. The van der Waals surface area contributed by atoms with E-state index in [9.17, 15) is 4.79 Å². The predicted molar refractivity (Wildman–Crippen MR) is 101 cm³/mol. The summed E-state index contributed by atoms with van der Waals surface area (Å²) in [6.45, 7) is 4.57. The summed E-state index contributed by atoms with van der Waals surface area (Å²) < 4.78 is 11.0. The average molecular weight is 375 g/mol. The SMILES string of the molecule is Cc1noc(C)c1-c1cc2c(cc1Cl)N(CC1CCCCC1)C(=O)CO2. The molecule has 0 radical (unpaired) electrons. The number of halogens is 1. The number of hydrogen-bond acceptors (Lipinski definition) is 4. The van der Waals surface area contributed by atoms with Crippen LogP contribution in [0.25, 0.3) is 11.1 Å². The minimum Gasteiger partial charge on any atom is -0.482 e. The van der Waals surface area contributed by atoms with Crippen molar-refractivity contribution in [1.29, 1.82) is 0 Å². The molecule has 1 fully saturated rings. The average Bonchev–Trinajstić information content (AvgIpc) is 2.97. The molecule has 2 aliphatic rings. The zero-order valence-corrected chi connectivity index (χ0v) is 15.9. The number of nitrogens with zero attached hydrogens (tertiary/aromatic N) is 2. The summed E-state index contributed by atoms with van der Waals surface area (Å²) in [4.78, 5) is 14.4. The van der Waals surface area contributed by atoms with E-state index in [0.717, 1.165) is 34.8 Å². The van der Waals surface area contributed by atoms with Crippen LogP contribution in [0.4, 0.5) is 5.69 Å². The molecule has 0 saturated heterocycles. The lowest BCUT2D eigenvalue weighted by Gasteiger charge is -2.34. The molecule has 6 heteroatoms. The van der Waals surface area contributed by atoms with Gasteiger partial charge in [0, 0.05) is 17.7 Å². The van der Waals surface area contributed by atoms with Gasteiger partial charge in [-0.2, -0.15) is 0 Å². The van der Waals surface area contributed by atoms with Crippen molar-refractivity contribution in [2.75, 3.05) is 18.1 Å². The Kier molecular flexibility index (Phi) is 4.65. The number of aryl methyl sites for hydroxylation is 2. The van der Waals surface area contributed by atoms with Gasteiger partial charge >= 0.3 is 0 Å². The van der Waals surface area contributed by atoms with Gasteiger partial charge in [0.1, 0.15) is 11.5 Å². The molecule has 0 unspecified atom stereocenters. The number of benzene rings is 1. The molecule has 1 amide bonds. The third-order valence-electron chi connectivity index (χ3n) is 5.46. The molecule has 1 aromatic carbocycles. The first kappa shape index (κ1) is 17.4. The summed E-state index contributed by atoms with van der Waals surface area (Å²) in [6.07, 6.45) is 6.18. The Bertz CT molecular complexity index is 820. The number of hydrogen-bond donors (Lipinski definition) is 0. The maximum absolute atomic E-state index is 12.5. The number of rotatable bonds is 3. The lowest BCUT2D eigenvalue weighted by atomic mass is 9.88. The van der Waals surface area contributed by atoms with E-state index < -0.39 is 0 Å². The lowest BCUT2D eigenvalue weighted by molar-refractivity contribution is -0.121. The highest BCUT2D eigenvalue weighted by molar-refractivity contribution is 6.34. The first-order chi connectivity index (χ1) is 12.5. The molecular formula is C20H23ClN2O3. The van der Waals surface area contributed by atoms with E-state index in [1.165, 1.54) is 32.1 Å². The minimum absolute atomic E-state index is 0.00392.